The van der Waals surface area contributed by atoms with Crippen molar-refractivity contribution in [3.8, 4) is 5.75 Å². The zero-order valence-electron chi connectivity index (χ0n) is 20.0. The Balaban J connectivity index is 1.43. The van der Waals surface area contributed by atoms with Crippen LogP contribution in [0.4, 0.5) is 0 Å². The van der Waals surface area contributed by atoms with Crippen LogP contribution in [0.3, 0.4) is 0 Å². The van der Waals surface area contributed by atoms with Crippen molar-refractivity contribution in [1.29, 1.82) is 5.41 Å². The maximum atomic E-state index is 12.8. The molecule has 0 saturated heterocycles. The lowest BCUT2D eigenvalue weighted by molar-refractivity contribution is -0.114. The number of carbonyl (C=O) groups is 1. The number of aromatic nitrogens is 1. The number of amidine groups is 2. The van der Waals surface area contributed by atoms with Gasteiger partial charge in [0.05, 0.1) is 12.1 Å². The molecule has 2 aromatic carbocycles. The summed E-state index contributed by atoms with van der Waals surface area (Å²) in [4.78, 5) is 17.0. The van der Waals surface area contributed by atoms with Gasteiger partial charge >= 0.3 is 0 Å². The minimum Gasteiger partial charge on any atom is -0.491 e. The molecule has 0 spiro atoms. The lowest BCUT2D eigenvalue weighted by atomic mass is 10.1. The van der Waals surface area contributed by atoms with E-state index in [9.17, 15) is 4.79 Å². The Labute approximate surface area is 208 Å². The second-order valence-electron chi connectivity index (χ2n) is 8.63. The summed E-state index contributed by atoms with van der Waals surface area (Å²) < 4.78 is 8.25. The fraction of sp³-hybridized carbons (Fsp3) is 0.259. The van der Waals surface area contributed by atoms with Crippen LogP contribution >= 0.6 is 11.8 Å². The molecule has 5 rings (SSSR count). The topological polar surface area (TPSA) is 83.0 Å². The molecule has 0 atom stereocenters. The van der Waals surface area contributed by atoms with Crippen LogP contribution < -0.4 is 4.74 Å². The molecular weight excluding hydrogens is 458 g/mol. The summed E-state index contributed by atoms with van der Waals surface area (Å²) >= 11 is 1.37. The highest BCUT2D eigenvalue weighted by atomic mass is 32.2. The number of nitrogens with one attached hydrogen (secondary N) is 1. The van der Waals surface area contributed by atoms with E-state index in [1.807, 2.05) is 30.5 Å². The molecule has 0 fully saturated rings. The first-order valence-corrected chi connectivity index (χ1v) is 12.5. The zero-order valence-corrected chi connectivity index (χ0v) is 20.9. The van der Waals surface area contributed by atoms with Gasteiger partial charge in [0.15, 0.2) is 5.84 Å². The Morgan fingerprint density at radius 1 is 1.11 bits per heavy atom. The van der Waals surface area contributed by atoms with Gasteiger partial charge in [-0.25, -0.2) is 0 Å². The second kappa shape index (κ2) is 9.54. The molecule has 3 aromatic rings. The molecule has 35 heavy (non-hydrogen) atoms. The van der Waals surface area contributed by atoms with Crippen LogP contribution in [-0.2, 0) is 11.3 Å². The molecular formula is C27H27N5O2S. The predicted molar refractivity (Wildman–Crippen MR) is 143 cm³/mol. The van der Waals surface area contributed by atoms with Crippen LogP contribution in [0.1, 0.15) is 36.5 Å². The van der Waals surface area contributed by atoms with Gasteiger partial charge in [0, 0.05) is 22.7 Å². The van der Waals surface area contributed by atoms with Gasteiger partial charge in [0.1, 0.15) is 17.4 Å². The third kappa shape index (κ3) is 4.41. The highest BCUT2D eigenvalue weighted by molar-refractivity contribution is 8.26. The molecule has 8 heteroatoms. The van der Waals surface area contributed by atoms with Crippen molar-refractivity contribution in [2.24, 2.45) is 10.1 Å². The molecule has 0 unspecified atom stereocenters. The minimum atomic E-state index is -0.406. The van der Waals surface area contributed by atoms with Gasteiger partial charge in [0.2, 0.25) is 5.17 Å². The maximum Gasteiger partial charge on any atom is 0.283 e. The Hall–Kier alpha value is -3.65. The van der Waals surface area contributed by atoms with Crippen molar-refractivity contribution < 1.29 is 9.53 Å². The van der Waals surface area contributed by atoms with E-state index < -0.39 is 5.91 Å². The van der Waals surface area contributed by atoms with Crippen molar-refractivity contribution in [2.75, 3.05) is 6.61 Å². The van der Waals surface area contributed by atoms with Crippen molar-refractivity contribution in [2.45, 2.75) is 40.2 Å². The largest absolute Gasteiger partial charge is 0.491 e. The Kier molecular flexibility index (Phi) is 6.30. The number of thioether (sulfide) groups is 1. The van der Waals surface area contributed by atoms with E-state index in [0.29, 0.717) is 18.3 Å². The quantitative estimate of drug-likeness (QED) is 0.432. The maximum absolute atomic E-state index is 12.8. The molecule has 0 bridgehead atoms. The van der Waals surface area contributed by atoms with Crippen molar-refractivity contribution in [3.63, 3.8) is 0 Å². The summed E-state index contributed by atoms with van der Waals surface area (Å²) in [6, 6.07) is 14.2. The average Bonchev–Trinajstić information content (AvgIpc) is 3.40. The van der Waals surface area contributed by atoms with Gasteiger partial charge in [-0.1, -0.05) is 43.3 Å². The van der Waals surface area contributed by atoms with E-state index in [1.54, 1.807) is 6.08 Å². The zero-order chi connectivity index (χ0) is 24.5. The number of hydrogen-bond acceptors (Lipinski definition) is 5. The van der Waals surface area contributed by atoms with Crippen molar-refractivity contribution in [1.82, 2.24) is 9.58 Å². The summed E-state index contributed by atoms with van der Waals surface area (Å²) in [5, 5.41) is 17.0. The highest BCUT2D eigenvalue weighted by Gasteiger charge is 2.35. The number of hydrazone groups is 1. The lowest BCUT2D eigenvalue weighted by Gasteiger charge is -2.20. The second-order valence-corrected chi connectivity index (χ2v) is 9.67. The number of amides is 1. The number of hydrogen-bond donors (Lipinski definition) is 1. The first-order chi connectivity index (χ1) is 17.0. The number of carbonyl (C=O) groups excluding carboxylic acids is 1. The molecule has 0 aliphatic carbocycles. The van der Waals surface area contributed by atoms with E-state index in [1.165, 1.54) is 16.8 Å². The van der Waals surface area contributed by atoms with Crippen LogP contribution in [-0.4, -0.2) is 38.1 Å². The standard InChI is InChI=1S/C27H27N5O2S/c1-4-8-23-30-32-25(28)21(26(33)29-27(32)35-23)15-19-16-31(22-12-6-5-11-20(19)22)13-14-34-24-17(2)9-7-10-18(24)3/h5-7,9-12,15-16,28H,4,8,13-14H2,1-3H3. The monoisotopic (exact) mass is 485 g/mol. The fourth-order valence-electron chi connectivity index (χ4n) is 4.35. The SMILES string of the molecule is CCCC1=NN2C(=N)C(=Cc3cn(CCOc4c(C)cccc4C)c4ccccc34)C(=O)N=C2S1. The molecule has 7 nitrogen and oxygen atoms in total. The number of nitrogens with zero attached hydrogens (tertiary/aromatic N) is 4. The van der Waals surface area contributed by atoms with Gasteiger partial charge < -0.3 is 9.30 Å². The van der Waals surface area contributed by atoms with Crippen LogP contribution in [0, 0.1) is 19.3 Å². The van der Waals surface area contributed by atoms with Gasteiger partial charge in [-0.05, 0) is 61.7 Å². The van der Waals surface area contributed by atoms with Crippen LogP contribution in [0.25, 0.3) is 17.0 Å². The van der Waals surface area contributed by atoms with Crippen LogP contribution in [0.15, 0.2) is 64.3 Å². The number of benzene rings is 2. The van der Waals surface area contributed by atoms with Gasteiger partial charge in [0.25, 0.3) is 5.91 Å². The number of aliphatic imine (C=N–C) groups is 1. The first-order valence-electron chi connectivity index (χ1n) is 11.7. The molecule has 1 aromatic heterocycles. The van der Waals surface area contributed by atoms with Crippen molar-refractivity contribution >= 4 is 50.7 Å². The molecule has 0 radical (unpaired) electrons. The van der Waals surface area contributed by atoms with Gasteiger partial charge in [-0.3, -0.25) is 10.2 Å². The van der Waals surface area contributed by atoms with E-state index in [-0.39, 0.29) is 11.4 Å². The summed E-state index contributed by atoms with van der Waals surface area (Å²) in [7, 11) is 0. The van der Waals surface area contributed by atoms with E-state index >= 15 is 0 Å². The fourth-order valence-corrected chi connectivity index (χ4v) is 5.34. The Morgan fingerprint density at radius 3 is 2.66 bits per heavy atom. The summed E-state index contributed by atoms with van der Waals surface area (Å²) in [6.07, 6.45) is 5.52. The number of aryl methyl sites for hydroxylation is 2. The predicted octanol–water partition coefficient (Wildman–Crippen LogP) is 5.76. The molecule has 1 amide bonds. The van der Waals surface area contributed by atoms with Gasteiger partial charge in [-0.15, -0.1) is 0 Å². The number of para-hydroxylation sites is 2. The lowest BCUT2D eigenvalue weighted by Crippen LogP contribution is -2.35. The Bertz CT molecular complexity index is 1410. The van der Waals surface area contributed by atoms with Crippen molar-refractivity contribution in [3.05, 3.63) is 70.9 Å². The van der Waals surface area contributed by atoms with Crippen LogP contribution in [0.2, 0.25) is 0 Å². The molecule has 0 saturated carbocycles. The average molecular weight is 486 g/mol. The summed E-state index contributed by atoms with van der Waals surface area (Å²) in [6.45, 7) is 7.35. The molecule has 2 aliphatic rings. The smallest absolute Gasteiger partial charge is 0.283 e. The Morgan fingerprint density at radius 2 is 1.89 bits per heavy atom. The minimum absolute atomic E-state index is 0.0637. The summed E-state index contributed by atoms with van der Waals surface area (Å²) in [5.74, 6) is 0.582. The number of ether oxygens (including phenoxy) is 1. The third-order valence-electron chi connectivity index (χ3n) is 6.07. The van der Waals surface area contributed by atoms with E-state index in [0.717, 1.165) is 51.2 Å². The third-order valence-corrected chi connectivity index (χ3v) is 7.04. The normalized spacial score (nSPS) is 16.7. The molecule has 178 valence electrons. The van der Waals surface area contributed by atoms with E-state index in [2.05, 4.69) is 53.6 Å². The molecule has 3 heterocycles. The van der Waals surface area contributed by atoms with Gasteiger partial charge in [-0.2, -0.15) is 15.1 Å². The first kappa shape index (κ1) is 23.1. The number of fused-ring (bicyclic) bond motifs is 2. The van der Waals surface area contributed by atoms with E-state index in [4.69, 9.17) is 10.1 Å². The number of rotatable bonds is 7. The van der Waals surface area contributed by atoms with Crippen LogP contribution in [0.5, 0.6) is 5.75 Å². The molecule has 2 aliphatic heterocycles. The highest BCUT2D eigenvalue weighted by Crippen LogP contribution is 2.31. The summed E-state index contributed by atoms with van der Waals surface area (Å²) in [5.41, 5.74) is 4.39. The molecule has 1 N–H and O–H groups in total.